The number of anilines is 1. The van der Waals surface area contributed by atoms with Crippen LogP contribution < -0.4 is 10.6 Å². The van der Waals surface area contributed by atoms with Gasteiger partial charge in [-0.05, 0) is 6.07 Å². The first-order valence-electron chi connectivity index (χ1n) is 8.51. The van der Waals surface area contributed by atoms with Crippen LogP contribution in [0.4, 0.5) is 5.13 Å². The molecule has 7 nitrogen and oxygen atoms in total. The molecule has 1 aromatic carbocycles. The summed E-state index contributed by atoms with van der Waals surface area (Å²) in [5.74, 6) is 0.364. The van der Waals surface area contributed by atoms with Crippen LogP contribution in [0.5, 0.6) is 0 Å². The first-order valence-corrected chi connectivity index (χ1v) is 9.76. The van der Waals surface area contributed by atoms with Crippen molar-refractivity contribution in [3.63, 3.8) is 0 Å². The van der Waals surface area contributed by atoms with Crippen molar-refractivity contribution in [2.24, 2.45) is 10.7 Å². The molecule has 0 spiro atoms. The molecule has 0 bridgehead atoms. The maximum absolute atomic E-state index is 11.7. The van der Waals surface area contributed by atoms with Crippen molar-refractivity contribution >= 4 is 39.7 Å². The van der Waals surface area contributed by atoms with Gasteiger partial charge in [-0.15, -0.1) is 11.3 Å². The molecule has 0 aliphatic carbocycles. The molecular formula is C18H18ClN5O2S. The summed E-state index contributed by atoms with van der Waals surface area (Å²) < 4.78 is 5.44. The average molecular weight is 404 g/mol. The first kappa shape index (κ1) is 18.0. The fourth-order valence-corrected chi connectivity index (χ4v) is 4.08. The van der Waals surface area contributed by atoms with Crippen LogP contribution in [-0.4, -0.2) is 54.4 Å². The van der Waals surface area contributed by atoms with E-state index in [-0.39, 0.29) is 6.54 Å². The summed E-state index contributed by atoms with van der Waals surface area (Å²) in [6.45, 7) is 3.10. The molecule has 0 radical (unpaired) electrons. The zero-order chi connectivity index (χ0) is 18.8. The molecule has 1 aromatic heterocycles. The molecule has 2 aromatic rings. The molecule has 3 heterocycles. The maximum atomic E-state index is 11.7. The van der Waals surface area contributed by atoms with Gasteiger partial charge in [-0.2, -0.15) is 0 Å². The Morgan fingerprint density at radius 2 is 2.04 bits per heavy atom. The summed E-state index contributed by atoms with van der Waals surface area (Å²) in [5, 5.41) is 3.37. The molecule has 0 saturated carbocycles. The Morgan fingerprint density at radius 3 is 2.78 bits per heavy atom. The topological polar surface area (TPSA) is 84.0 Å². The highest BCUT2D eigenvalue weighted by molar-refractivity contribution is 7.14. The molecule has 0 atom stereocenters. The maximum Gasteiger partial charge on any atom is 0.264 e. The quantitative estimate of drug-likeness (QED) is 0.847. The van der Waals surface area contributed by atoms with Gasteiger partial charge in [0, 0.05) is 29.1 Å². The standard InChI is InChI=1S/C18H18ClN5O2S/c19-13-4-2-1-3-12(13)15-11-27-18(22-15)24-10-14(17(20)25)21-9-16(24)23-5-7-26-8-6-23/h1-4,9,11H,5-8,10H2,(H2,20,25). The zero-order valence-corrected chi connectivity index (χ0v) is 16.0. The minimum absolute atomic E-state index is 0.286. The van der Waals surface area contributed by atoms with Gasteiger partial charge in [-0.25, -0.2) is 9.98 Å². The Bertz CT molecular complexity index is 920. The van der Waals surface area contributed by atoms with Crippen LogP contribution in [0.15, 0.2) is 46.7 Å². The largest absolute Gasteiger partial charge is 0.378 e. The van der Waals surface area contributed by atoms with Gasteiger partial charge in [-0.1, -0.05) is 29.8 Å². The van der Waals surface area contributed by atoms with Crippen LogP contribution >= 0.6 is 22.9 Å². The number of nitrogens with zero attached hydrogens (tertiary/aromatic N) is 4. The van der Waals surface area contributed by atoms with Crippen molar-refractivity contribution in [2.45, 2.75) is 0 Å². The lowest BCUT2D eigenvalue weighted by atomic mass is 10.2. The smallest absolute Gasteiger partial charge is 0.264 e. The number of carbonyl (C=O) groups is 1. The van der Waals surface area contributed by atoms with Crippen LogP contribution in [0.2, 0.25) is 5.02 Å². The highest BCUT2D eigenvalue weighted by atomic mass is 35.5. The third kappa shape index (κ3) is 3.69. The number of aliphatic imine (C=N–C) groups is 1. The van der Waals surface area contributed by atoms with Gasteiger partial charge in [0.15, 0.2) is 5.13 Å². The van der Waals surface area contributed by atoms with Crippen molar-refractivity contribution in [1.29, 1.82) is 0 Å². The van der Waals surface area contributed by atoms with Gasteiger partial charge in [-0.3, -0.25) is 9.69 Å². The lowest BCUT2D eigenvalue weighted by Gasteiger charge is -2.37. The second-order valence-electron chi connectivity index (χ2n) is 6.11. The van der Waals surface area contributed by atoms with E-state index >= 15 is 0 Å². The van der Waals surface area contributed by atoms with Gasteiger partial charge < -0.3 is 15.4 Å². The predicted molar refractivity (Wildman–Crippen MR) is 107 cm³/mol. The first-order chi connectivity index (χ1) is 13.1. The number of morpholine rings is 1. The van der Waals surface area contributed by atoms with Crippen molar-refractivity contribution in [3.8, 4) is 11.3 Å². The molecule has 140 valence electrons. The van der Waals surface area contributed by atoms with Crippen LogP contribution in [-0.2, 0) is 9.53 Å². The minimum atomic E-state index is -0.528. The molecule has 2 aliphatic rings. The fourth-order valence-electron chi connectivity index (χ4n) is 3.01. The van der Waals surface area contributed by atoms with Crippen LogP contribution in [0.3, 0.4) is 0 Å². The third-order valence-corrected chi connectivity index (χ3v) is 5.61. The number of nitrogens with two attached hydrogens (primary N) is 1. The van der Waals surface area contributed by atoms with E-state index < -0.39 is 5.91 Å². The molecule has 1 fully saturated rings. The number of thiazole rings is 1. The number of ether oxygens (including phenoxy) is 1. The summed E-state index contributed by atoms with van der Waals surface area (Å²) >= 11 is 7.80. The van der Waals surface area contributed by atoms with E-state index in [1.165, 1.54) is 11.3 Å². The number of halogens is 1. The molecule has 0 unspecified atom stereocenters. The number of hydrogen-bond acceptors (Lipinski definition) is 7. The molecule has 2 aliphatic heterocycles. The number of hydrogen-bond donors (Lipinski definition) is 1. The number of benzene rings is 1. The number of carbonyl (C=O) groups excluding carboxylic acids is 1. The Kier molecular flexibility index (Phi) is 5.11. The van der Waals surface area contributed by atoms with E-state index in [1.807, 2.05) is 34.5 Å². The molecule has 1 saturated heterocycles. The second-order valence-corrected chi connectivity index (χ2v) is 7.35. The zero-order valence-electron chi connectivity index (χ0n) is 14.5. The number of aromatic nitrogens is 1. The highest BCUT2D eigenvalue weighted by Gasteiger charge is 2.28. The van der Waals surface area contributed by atoms with Crippen LogP contribution in [0.1, 0.15) is 0 Å². The summed E-state index contributed by atoms with van der Waals surface area (Å²) in [6, 6.07) is 7.59. The molecule has 2 N–H and O–H groups in total. The Balaban J connectivity index is 1.68. The van der Waals surface area contributed by atoms with E-state index in [0.29, 0.717) is 23.9 Å². The Labute approximate surface area is 165 Å². The second kappa shape index (κ2) is 7.67. The van der Waals surface area contributed by atoms with Gasteiger partial charge >= 0.3 is 0 Å². The summed E-state index contributed by atoms with van der Waals surface area (Å²) in [7, 11) is 0. The number of amides is 1. The molecule has 1 amide bonds. The number of primary amides is 1. The lowest BCUT2D eigenvalue weighted by molar-refractivity contribution is -0.112. The average Bonchev–Trinajstić information content (AvgIpc) is 3.18. The summed E-state index contributed by atoms with van der Waals surface area (Å²) in [4.78, 5) is 24.8. The third-order valence-electron chi connectivity index (χ3n) is 4.41. The summed E-state index contributed by atoms with van der Waals surface area (Å²) in [6.07, 6.45) is 1.69. The van der Waals surface area contributed by atoms with E-state index in [1.54, 1.807) is 6.20 Å². The Hall–Kier alpha value is -2.42. The van der Waals surface area contributed by atoms with E-state index in [4.69, 9.17) is 27.1 Å². The van der Waals surface area contributed by atoms with Gasteiger partial charge in [0.2, 0.25) is 0 Å². The van der Waals surface area contributed by atoms with E-state index in [0.717, 1.165) is 35.3 Å². The van der Waals surface area contributed by atoms with Crippen LogP contribution in [0, 0.1) is 0 Å². The fraction of sp³-hybridized carbons (Fsp3) is 0.278. The van der Waals surface area contributed by atoms with Crippen LogP contribution in [0.25, 0.3) is 11.3 Å². The SMILES string of the molecule is NC(=O)C1=NC=C(N2CCOCC2)N(c2nc(-c3ccccc3Cl)cs2)C1. The molecule has 27 heavy (non-hydrogen) atoms. The van der Waals surface area contributed by atoms with Gasteiger partial charge in [0.05, 0.1) is 31.7 Å². The van der Waals surface area contributed by atoms with Gasteiger partial charge in [0.25, 0.3) is 5.91 Å². The van der Waals surface area contributed by atoms with Gasteiger partial charge in [0.1, 0.15) is 11.5 Å². The predicted octanol–water partition coefficient (Wildman–Crippen LogP) is 2.34. The highest BCUT2D eigenvalue weighted by Crippen LogP contribution is 2.34. The van der Waals surface area contributed by atoms with Crippen molar-refractivity contribution in [2.75, 3.05) is 37.7 Å². The minimum Gasteiger partial charge on any atom is -0.378 e. The lowest BCUT2D eigenvalue weighted by Crippen LogP contribution is -2.47. The molecular weight excluding hydrogens is 386 g/mol. The van der Waals surface area contributed by atoms with Crippen molar-refractivity contribution in [1.82, 2.24) is 9.88 Å². The van der Waals surface area contributed by atoms with Crippen molar-refractivity contribution < 1.29 is 9.53 Å². The normalized spacial score (nSPS) is 17.5. The van der Waals surface area contributed by atoms with Crippen molar-refractivity contribution in [3.05, 3.63) is 46.7 Å². The van der Waals surface area contributed by atoms with E-state index in [2.05, 4.69) is 9.89 Å². The summed E-state index contributed by atoms with van der Waals surface area (Å²) in [5.41, 5.74) is 7.43. The monoisotopic (exact) mass is 403 g/mol. The number of rotatable bonds is 4. The Morgan fingerprint density at radius 1 is 1.26 bits per heavy atom. The van der Waals surface area contributed by atoms with E-state index in [9.17, 15) is 4.79 Å². The molecule has 9 heteroatoms. The molecule has 4 rings (SSSR count).